The first-order chi connectivity index (χ1) is 17.1. The summed E-state index contributed by atoms with van der Waals surface area (Å²) in [7, 11) is 0. The van der Waals surface area contributed by atoms with Crippen LogP contribution in [0.2, 0.25) is 0 Å². The van der Waals surface area contributed by atoms with E-state index in [-0.39, 0.29) is 28.9 Å². The molecular weight excluding hydrogens is 444 g/mol. The highest BCUT2D eigenvalue weighted by Crippen LogP contribution is 2.33. The number of H-pyrrole nitrogens is 1. The minimum absolute atomic E-state index is 0.00538. The SMILES string of the molecule is O=C(c1n[nH]c2cc(O)c(C(=O)N3Cc4ccc(CN5CCOCC5)cc4C3)cc12)C1CCCC1. The lowest BCUT2D eigenvalue weighted by Gasteiger charge is -2.26. The number of carbonyl (C=O) groups is 2. The lowest BCUT2D eigenvalue weighted by Crippen LogP contribution is -2.35. The molecule has 3 heterocycles. The van der Waals surface area contributed by atoms with E-state index in [2.05, 4.69) is 33.3 Å². The molecule has 8 nitrogen and oxygen atoms in total. The summed E-state index contributed by atoms with van der Waals surface area (Å²) in [5, 5.41) is 18.4. The van der Waals surface area contributed by atoms with Crippen LogP contribution in [0.15, 0.2) is 30.3 Å². The standard InChI is InChI=1S/C27H30N4O4/c32-24-13-23-21(25(29-28-23)26(33)18-3-1-2-4-18)12-22(24)27(34)31-15-19-6-5-17(11-20(19)16-31)14-30-7-9-35-10-8-30/h5-6,11-13,18,32H,1-4,7-10,14-16H2,(H,28,29). The molecule has 1 aliphatic carbocycles. The second-order valence-electron chi connectivity index (χ2n) is 9.99. The second-order valence-corrected chi connectivity index (χ2v) is 9.99. The molecule has 1 aromatic heterocycles. The van der Waals surface area contributed by atoms with Crippen molar-refractivity contribution < 1.29 is 19.4 Å². The maximum Gasteiger partial charge on any atom is 0.258 e. The van der Waals surface area contributed by atoms with Gasteiger partial charge in [-0.3, -0.25) is 19.6 Å². The first kappa shape index (κ1) is 22.2. The van der Waals surface area contributed by atoms with Crippen molar-refractivity contribution in [1.82, 2.24) is 20.0 Å². The van der Waals surface area contributed by atoms with Crippen LogP contribution in [0.25, 0.3) is 10.9 Å². The molecule has 0 spiro atoms. The number of amides is 1. The molecule has 2 fully saturated rings. The van der Waals surface area contributed by atoms with E-state index >= 15 is 0 Å². The number of aromatic amines is 1. The van der Waals surface area contributed by atoms with Gasteiger partial charge in [-0.15, -0.1) is 0 Å². The van der Waals surface area contributed by atoms with Crippen molar-refractivity contribution in [2.45, 2.75) is 45.3 Å². The number of nitrogens with one attached hydrogen (secondary N) is 1. The zero-order valence-electron chi connectivity index (χ0n) is 19.8. The van der Waals surface area contributed by atoms with Gasteiger partial charge in [0, 0.05) is 50.1 Å². The van der Waals surface area contributed by atoms with E-state index < -0.39 is 0 Å². The highest BCUT2D eigenvalue weighted by Gasteiger charge is 2.30. The Bertz CT molecular complexity index is 1290. The Morgan fingerprint density at radius 3 is 2.63 bits per heavy atom. The van der Waals surface area contributed by atoms with E-state index in [1.165, 1.54) is 11.6 Å². The fourth-order valence-electron chi connectivity index (χ4n) is 5.67. The number of carbonyl (C=O) groups excluding carboxylic acids is 2. The molecule has 0 radical (unpaired) electrons. The fourth-order valence-corrected chi connectivity index (χ4v) is 5.67. The van der Waals surface area contributed by atoms with Gasteiger partial charge in [-0.05, 0) is 35.6 Å². The van der Waals surface area contributed by atoms with Crippen molar-refractivity contribution in [2.75, 3.05) is 26.3 Å². The van der Waals surface area contributed by atoms with Gasteiger partial charge in [0.05, 0.1) is 24.3 Å². The largest absolute Gasteiger partial charge is 0.507 e. The van der Waals surface area contributed by atoms with Gasteiger partial charge in [0.25, 0.3) is 5.91 Å². The van der Waals surface area contributed by atoms with Crippen LogP contribution >= 0.6 is 0 Å². The number of hydrogen-bond acceptors (Lipinski definition) is 6. The van der Waals surface area contributed by atoms with Gasteiger partial charge in [0.1, 0.15) is 11.4 Å². The normalized spacial score (nSPS) is 18.9. The number of ether oxygens (including phenoxy) is 1. The first-order valence-electron chi connectivity index (χ1n) is 12.5. The number of ketones is 1. The highest BCUT2D eigenvalue weighted by atomic mass is 16.5. The summed E-state index contributed by atoms with van der Waals surface area (Å²) in [6, 6.07) is 9.57. The summed E-state index contributed by atoms with van der Waals surface area (Å²) < 4.78 is 5.44. The quantitative estimate of drug-likeness (QED) is 0.548. The van der Waals surface area contributed by atoms with Gasteiger partial charge < -0.3 is 14.7 Å². The molecule has 2 N–H and O–H groups in total. The van der Waals surface area contributed by atoms with Crippen LogP contribution in [0.5, 0.6) is 5.75 Å². The van der Waals surface area contributed by atoms with E-state index in [1.807, 2.05) is 0 Å². The average molecular weight is 475 g/mol. The van der Waals surface area contributed by atoms with Crippen LogP contribution < -0.4 is 0 Å². The Kier molecular flexibility index (Phi) is 5.78. The fraction of sp³-hybridized carbons (Fsp3) is 0.444. The Morgan fingerprint density at radius 2 is 1.83 bits per heavy atom. The topological polar surface area (TPSA) is 98.8 Å². The Balaban J connectivity index is 1.22. The van der Waals surface area contributed by atoms with E-state index in [9.17, 15) is 14.7 Å². The first-order valence-corrected chi connectivity index (χ1v) is 12.5. The Hall–Kier alpha value is -3.23. The van der Waals surface area contributed by atoms with Gasteiger partial charge in [-0.25, -0.2) is 0 Å². The van der Waals surface area contributed by atoms with Gasteiger partial charge in [0.15, 0.2) is 5.78 Å². The summed E-state index contributed by atoms with van der Waals surface area (Å²) in [6.07, 6.45) is 3.90. The van der Waals surface area contributed by atoms with E-state index in [4.69, 9.17) is 4.74 Å². The molecule has 0 atom stereocenters. The lowest BCUT2D eigenvalue weighted by molar-refractivity contribution is 0.0342. The van der Waals surface area contributed by atoms with Crippen molar-refractivity contribution in [3.8, 4) is 5.75 Å². The summed E-state index contributed by atoms with van der Waals surface area (Å²) in [6.45, 7) is 5.29. The number of fused-ring (bicyclic) bond motifs is 2. The number of phenolic OH excluding ortho intramolecular Hbond substituents is 1. The van der Waals surface area contributed by atoms with Crippen molar-refractivity contribution in [3.05, 3.63) is 58.3 Å². The third-order valence-electron chi connectivity index (χ3n) is 7.66. The minimum atomic E-state index is -0.240. The average Bonchev–Trinajstić information content (AvgIpc) is 3.62. The van der Waals surface area contributed by atoms with Gasteiger partial charge in [-0.1, -0.05) is 31.0 Å². The van der Waals surface area contributed by atoms with E-state index in [0.717, 1.165) is 69.7 Å². The highest BCUT2D eigenvalue weighted by molar-refractivity contribution is 6.10. The van der Waals surface area contributed by atoms with Crippen molar-refractivity contribution in [2.24, 2.45) is 5.92 Å². The maximum absolute atomic E-state index is 13.5. The number of benzene rings is 2. The number of rotatable bonds is 5. The van der Waals surface area contributed by atoms with Crippen LogP contribution in [0.1, 0.15) is 63.2 Å². The van der Waals surface area contributed by atoms with Gasteiger partial charge in [-0.2, -0.15) is 5.10 Å². The van der Waals surface area contributed by atoms with Crippen molar-refractivity contribution in [1.29, 1.82) is 0 Å². The van der Waals surface area contributed by atoms with Gasteiger partial charge >= 0.3 is 0 Å². The molecular formula is C27H30N4O4. The number of phenols is 1. The lowest BCUT2D eigenvalue weighted by atomic mass is 9.97. The molecule has 2 aromatic carbocycles. The Labute approximate surface area is 203 Å². The van der Waals surface area contributed by atoms with Crippen LogP contribution in [0, 0.1) is 5.92 Å². The minimum Gasteiger partial charge on any atom is -0.507 e. The maximum atomic E-state index is 13.5. The van der Waals surface area contributed by atoms with Crippen LogP contribution in [-0.4, -0.2) is 63.1 Å². The molecule has 6 rings (SSSR count). The van der Waals surface area contributed by atoms with Crippen molar-refractivity contribution in [3.63, 3.8) is 0 Å². The number of hydrogen-bond donors (Lipinski definition) is 2. The summed E-state index contributed by atoms with van der Waals surface area (Å²) in [4.78, 5) is 30.6. The number of aromatic hydroxyl groups is 1. The molecule has 1 amide bonds. The second kappa shape index (κ2) is 9.09. The summed E-state index contributed by atoms with van der Waals surface area (Å²) >= 11 is 0. The molecule has 0 unspecified atom stereocenters. The summed E-state index contributed by atoms with van der Waals surface area (Å²) in [5.74, 6) is -0.320. The molecule has 1 saturated carbocycles. The number of nitrogens with zero attached hydrogens (tertiary/aromatic N) is 3. The number of Topliss-reactive ketones (excluding diaryl/α,β-unsaturated/α-hetero) is 1. The van der Waals surface area contributed by atoms with E-state index in [0.29, 0.717) is 29.7 Å². The van der Waals surface area contributed by atoms with Crippen molar-refractivity contribution >= 4 is 22.6 Å². The molecule has 3 aliphatic rings. The molecule has 2 aliphatic heterocycles. The van der Waals surface area contributed by atoms with Gasteiger partial charge in [0.2, 0.25) is 0 Å². The number of morpholine rings is 1. The molecule has 35 heavy (non-hydrogen) atoms. The van der Waals surface area contributed by atoms with Crippen LogP contribution in [0.4, 0.5) is 0 Å². The molecule has 0 bridgehead atoms. The zero-order valence-corrected chi connectivity index (χ0v) is 19.8. The predicted octanol–water partition coefficient (Wildman–Crippen LogP) is 3.63. The zero-order chi connectivity index (χ0) is 23.9. The smallest absolute Gasteiger partial charge is 0.258 e. The third kappa shape index (κ3) is 4.21. The Morgan fingerprint density at radius 1 is 1.06 bits per heavy atom. The molecule has 8 heteroatoms. The van der Waals surface area contributed by atoms with E-state index in [1.54, 1.807) is 11.0 Å². The molecule has 1 saturated heterocycles. The number of aromatic nitrogens is 2. The summed E-state index contributed by atoms with van der Waals surface area (Å²) in [5.41, 5.74) is 4.66. The predicted molar refractivity (Wildman–Crippen MR) is 130 cm³/mol. The van der Waals surface area contributed by atoms with Crippen LogP contribution in [-0.2, 0) is 24.4 Å². The monoisotopic (exact) mass is 474 g/mol. The molecule has 182 valence electrons. The van der Waals surface area contributed by atoms with Crippen LogP contribution in [0.3, 0.4) is 0 Å². The molecule has 3 aromatic rings. The third-order valence-corrected chi connectivity index (χ3v) is 7.66.